The van der Waals surface area contributed by atoms with Gasteiger partial charge in [0.15, 0.2) is 0 Å². The first-order chi connectivity index (χ1) is 29.5. The molecule has 1 aromatic heterocycles. The van der Waals surface area contributed by atoms with Crippen molar-refractivity contribution in [3.63, 3.8) is 0 Å². The summed E-state index contributed by atoms with van der Waals surface area (Å²) in [5, 5.41) is 2.56. The molecule has 0 saturated carbocycles. The predicted molar refractivity (Wildman–Crippen MR) is 253 cm³/mol. The molecule has 1 aliphatic rings. The summed E-state index contributed by atoms with van der Waals surface area (Å²) in [6.45, 7) is 4.79. The van der Waals surface area contributed by atoms with Crippen molar-refractivity contribution in [2.45, 2.75) is 31.6 Å². The van der Waals surface area contributed by atoms with E-state index in [1.54, 1.807) is 0 Å². The summed E-state index contributed by atoms with van der Waals surface area (Å²) in [5.41, 5.74) is 20.6. The molecule has 11 rings (SSSR count). The lowest BCUT2D eigenvalue weighted by molar-refractivity contribution is 0.659. The largest absolute Gasteiger partial charge is 0.309 e. The number of fused-ring (bicyclic) bond motifs is 6. The first kappa shape index (κ1) is 35.9. The quantitative estimate of drug-likeness (QED) is 0.145. The van der Waals surface area contributed by atoms with Crippen LogP contribution in [0, 0.1) is 0 Å². The van der Waals surface area contributed by atoms with E-state index in [0.717, 1.165) is 6.42 Å². The van der Waals surface area contributed by atoms with Crippen LogP contribution in [0.3, 0.4) is 0 Å². The molecular formula is C59H45N. The molecule has 286 valence electrons. The van der Waals surface area contributed by atoms with Crippen molar-refractivity contribution in [1.82, 2.24) is 4.57 Å². The third-order valence-electron chi connectivity index (χ3n) is 13.1. The van der Waals surface area contributed by atoms with Crippen LogP contribution in [0.15, 0.2) is 218 Å². The van der Waals surface area contributed by atoms with E-state index < -0.39 is 0 Å². The Kier molecular flexibility index (Phi) is 8.71. The van der Waals surface area contributed by atoms with Crippen molar-refractivity contribution in [2.24, 2.45) is 0 Å². The standard InChI is InChI=1S/C59H45N/c1-59(2)54-21-13-20-51(58(54)52-37-34-47(39-55(52)59)42-16-7-4-8-17-42)53(46-30-28-44(29-31-46)41-14-5-3-6-15-41)38-40-24-26-43(27-25-40)45-32-35-48(36-33-45)60-56-22-11-9-18-49(56)50-19-10-12-23-57(50)60/h3-37,39,53H,38H2,1-2H3. The molecule has 1 atom stereocenters. The van der Waals surface area contributed by atoms with Gasteiger partial charge in [0, 0.05) is 27.8 Å². The van der Waals surface area contributed by atoms with Crippen molar-refractivity contribution < 1.29 is 0 Å². The summed E-state index contributed by atoms with van der Waals surface area (Å²) in [7, 11) is 0. The fourth-order valence-corrected chi connectivity index (χ4v) is 9.94. The maximum atomic E-state index is 2.44. The minimum absolute atomic E-state index is 0.119. The van der Waals surface area contributed by atoms with Gasteiger partial charge < -0.3 is 4.57 Å². The van der Waals surface area contributed by atoms with E-state index in [-0.39, 0.29) is 11.3 Å². The van der Waals surface area contributed by atoms with Crippen LogP contribution in [-0.4, -0.2) is 4.57 Å². The Morgan fingerprint density at radius 2 is 0.917 bits per heavy atom. The van der Waals surface area contributed by atoms with E-state index in [4.69, 9.17) is 0 Å². The molecule has 1 heterocycles. The second-order valence-corrected chi connectivity index (χ2v) is 16.9. The van der Waals surface area contributed by atoms with Crippen LogP contribution in [0.4, 0.5) is 0 Å². The number of para-hydroxylation sites is 2. The summed E-state index contributed by atoms with van der Waals surface area (Å²) < 4.78 is 2.38. The third-order valence-corrected chi connectivity index (χ3v) is 13.1. The molecule has 1 aliphatic carbocycles. The molecule has 0 saturated heterocycles. The molecule has 9 aromatic carbocycles. The average molecular weight is 768 g/mol. The number of hydrogen-bond donors (Lipinski definition) is 0. The Morgan fingerprint density at radius 3 is 1.53 bits per heavy atom. The molecule has 0 N–H and O–H groups in total. The van der Waals surface area contributed by atoms with Crippen molar-refractivity contribution in [1.29, 1.82) is 0 Å². The monoisotopic (exact) mass is 767 g/mol. The summed E-state index contributed by atoms with van der Waals surface area (Å²) in [6, 6.07) is 80.7. The lowest BCUT2D eigenvalue weighted by Gasteiger charge is -2.25. The number of hydrogen-bond acceptors (Lipinski definition) is 0. The highest BCUT2D eigenvalue weighted by atomic mass is 15.0. The number of nitrogens with zero attached hydrogens (tertiary/aromatic N) is 1. The summed E-state index contributed by atoms with van der Waals surface area (Å²) in [5.74, 6) is 0.164. The van der Waals surface area contributed by atoms with Gasteiger partial charge in [0.05, 0.1) is 11.0 Å². The molecular weight excluding hydrogens is 723 g/mol. The van der Waals surface area contributed by atoms with Crippen LogP contribution in [-0.2, 0) is 11.8 Å². The van der Waals surface area contributed by atoms with Crippen molar-refractivity contribution in [3.05, 3.63) is 246 Å². The minimum Gasteiger partial charge on any atom is -0.309 e. The van der Waals surface area contributed by atoms with Gasteiger partial charge in [-0.1, -0.05) is 202 Å². The molecule has 1 heteroatoms. The highest BCUT2D eigenvalue weighted by Gasteiger charge is 2.38. The van der Waals surface area contributed by atoms with Crippen LogP contribution >= 0.6 is 0 Å². The average Bonchev–Trinajstić information content (AvgIpc) is 3.77. The Hall–Kier alpha value is -7.22. The number of rotatable bonds is 8. The molecule has 10 aromatic rings. The fourth-order valence-electron chi connectivity index (χ4n) is 9.94. The van der Waals surface area contributed by atoms with Gasteiger partial charge in [-0.05, 0) is 109 Å². The van der Waals surface area contributed by atoms with Crippen LogP contribution in [0.5, 0.6) is 0 Å². The highest BCUT2D eigenvalue weighted by Crippen LogP contribution is 2.53. The van der Waals surface area contributed by atoms with Crippen LogP contribution in [0.1, 0.15) is 47.6 Å². The molecule has 1 nitrogen and oxygen atoms in total. The van der Waals surface area contributed by atoms with Gasteiger partial charge in [0.1, 0.15) is 0 Å². The molecule has 0 aliphatic heterocycles. The zero-order chi connectivity index (χ0) is 40.2. The van der Waals surface area contributed by atoms with E-state index in [2.05, 4.69) is 237 Å². The van der Waals surface area contributed by atoms with E-state index in [1.807, 2.05) is 0 Å². The van der Waals surface area contributed by atoms with Crippen molar-refractivity contribution in [3.8, 4) is 50.2 Å². The summed E-state index contributed by atoms with van der Waals surface area (Å²) >= 11 is 0. The third kappa shape index (κ3) is 6.09. The SMILES string of the molecule is CC1(C)c2cc(-c3ccccc3)ccc2-c2c(C(Cc3ccc(-c4ccc(-n5c6ccccc6c6ccccc65)cc4)cc3)c3ccc(-c4ccccc4)cc3)cccc21. The Bertz CT molecular complexity index is 3100. The van der Waals surface area contributed by atoms with Crippen LogP contribution in [0.2, 0.25) is 0 Å². The van der Waals surface area contributed by atoms with Crippen LogP contribution < -0.4 is 0 Å². The topological polar surface area (TPSA) is 4.93 Å². The van der Waals surface area contributed by atoms with Gasteiger partial charge in [0.2, 0.25) is 0 Å². The van der Waals surface area contributed by atoms with Gasteiger partial charge in [-0.15, -0.1) is 0 Å². The number of benzene rings is 9. The van der Waals surface area contributed by atoms with Crippen LogP contribution in [0.25, 0.3) is 72.0 Å². The fraction of sp³-hybridized carbons (Fsp3) is 0.0847. The molecule has 1 unspecified atom stereocenters. The van der Waals surface area contributed by atoms with Gasteiger partial charge in [0.25, 0.3) is 0 Å². The molecule has 0 amide bonds. The lowest BCUT2D eigenvalue weighted by atomic mass is 9.79. The zero-order valence-electron chi connectivity index (χ0n) is 34.0. The second kappa shape index (κ2) is 14.6. The Balaban J connectivity index is 0.954. The molecule has 60 heavy (non-hydrogen) atoms. The minimum atomic E-state index is -0.119. The highest BCUT2D eigenvalue weighted by molar-refractivity contribution is 6.09. The smallest absolute Gasteiger partial charge is 0.0541 e. The summed E-state index contributed by atoms with van der Waals surface area (Å²) in [6.07, 6.45) is 0.895. The second-order valence-electron chi connectivity index (χ2n) is 16.9. The molecule has 0 fully saturated rings. The maximum absolute atomic E-state index is 2.44. The molecule has 0 radical (unpaired) electrons. The maximum Gasteiger partial charge on any atom is 0.0541 e. The first-order valence-corrected chi connectivity index (χ1v) is 21.2. The van der Waals surface area contributed by atoms with E-state index in [1.165, 1.54) is 99.8 Å². The lowest BCUT2D eigenvalue weighted by Crippen LogP contribution is -2.15. The predicted octanol–water partition coefficient (Wildman–Crippen LogP) is 15.5. The Labute approximate surface area is 352 Å². The van der Waals surface area contributed by atoms with E-state index in [9.17, 15) is 0 Å². The van der Waals surface area contributed by atoms with Gasteiger partial charge in [-0.25, -0.2) is 0 Å². The van der Waals surface area contributed by atoms with Gasteiger partial charge in [-0.3, -0.25) is 0 Å². The first-order valence-electron chi connectivity index (χ1n) is 21.2. The Morgan fingerprint density at radius 1 is 0.417 bits per heavy atom. The normalized spacial score (nSPS) is 13.3. The zero-order valence-corrected chi connectivity index (χ0v) is 34.0. The van der Waals surface area contributed by atoms with E-state index in [0.29, 0.717) is 0 Å². The van der Waals surface area contributed by atoms with Crippen molar-refractivity contribution in [2.75, 3.05) is 0 Å². The van der Waals surface area contributed by atoms with Gasteiger partial charge in [-0.2, -0.15) is 0 Å². The van der Waals surface area contributed by atoms with E-state index >= 15 is 0 Å². The summed E-state index contributed by atoms with van der Waals surface area (Å²) in [4.78, 5) is 0. The number of aromatic nitrogens is 1. The molecule has 0 bridgehead atoms. The molecule has 0 spiro atoms. The van der Waals surface area contributed by atoms with Gasteiger partial charge >= 0.3 is 0 Å². The van der Waals surface area contributed by atoms with Crippen molar-refractivity contribution >= 4 is 21.8 Å².